The molecule has 4 rings (SSSR count). The Balaban J connectivity index is 1.69. The molecule has 3 heterocycles. The van der Waals surface area contributed by atoms with Gasteiger partial charge in [0.25, 0.3) is 5.91 Å². The quantitative estimate of drug-likeness (QED) is 0.453. The summed E-state index contributed by atoms with van der Waals surface area (Å²) < 4.78 is 15.9. The summed E-state index contributed by atoms with van der Waals surface area (Å²) in [5.41, 5.74) is 1.36. The first-order chi connectivity index (χ1) is 13.4. The number of carboxylic acid groups (broad SMARTS) is 1. The molecule has 0 bridgehead atoms. The SMILES string of the molecule is O=C(Nc1scc(-c2ccc(Br)cc2)c1C(=O)O)c1cc2c(F)cccn2n1. The van der Waals surface area contributed by atoms with Crippen molar-refractivity contribution >= 4 is 49.7 Å². The van der Waals surface area contributed by atoms with Crippen molar-refractivity contribution in [2.75, 3.05) is 5.32 Å². The highest BCUT2D eigenvalue weighted by Crippen LogP contribution is 2.36. The first-order valence-electron chi connectivity index (χ1n) is 8.00. The highest BCUT2D eigenvalue weighted by Gasteiger charge is 2.22. The van der Waals surface area contributed by atoms with Crippen molar-refractivity contribution < 1.29 is 19.1 Å². The van der Waals surface area contributed by atoms with E-state index < -0.39 is 17.7 Å². The van der Waals surface area contributed by atoms with Crippen LogP contribution in [-0.2, 0) is 0 Å². The van der Waals surface area contributed by atoms with Gasteiger partial charge in [0.2, 0.25) is 0 Å². The Kier molecular flexibility index (Phi) is 4.70. The molecule has 0 spiro atoms. The molecule has 1 amide bonds. The number of pyridine rings is 1. The lowest BCUT2D eigenvalue weighted by Gasteiger charge is -2.05. The molecule has 0 aliphatic heterocycles. The number of amides is 1. The Morgan fingerprint density at radius 1 is 1.21 bits per heavy atom. The highest BCUT2D eigenvalue weighted by atomic mass is 79.9. The van der Waals surface area contributed by atoms with Crippen molar-refractivity contribution in [1.82, 2.24) is 9.61 Å². The lowest BCUT2D eigenvalue weighted by Crippen LogP contribution is -2.14. The smallest absolute Gasteiger partial charge is 0.339 e. The van der Waals surface area contributed by atoms with Crippen LogP contribution < -0.4 is 5.32 Å². The van der Waals surface area contributed by atoms with Gasteiger partial charge in [0.05, 0.1) is 0 Å². The highest BCUT2D eigenvalue weighted by molar-refractivity contribution is 9.10. The number of rotatable bonds is 4. The van der Waals surface area contributed by atoms with Crippen LogP contribution in [0.15, 0.2) is 58.5 Å². The fourth-order valence-corrected chi connectivity index (χ4v) is 3.98. The Morgan fingerprint density at radius 3 is 2.64 bits per heavy atom. The number of anilines is 1. The molecule has 0 fully saturated rings. The Labute approximate surface area is 170 Å². The van der Waals surface area contributed by atoms with Gasteiger partial charge in [-0.25, -0.2) is 13.7 Å². The first kappa shape index (κ1) is 18.3. The third-order valence-corrected chi connectivity index (χ3v) is 5.49. The number of halogens is 2. The molecule has 3 aromatic heterocycles. The molecule has 0 unspecified atom stereocenters. The van der Waals surface area contributed by atoms with Crippen LogP contribution in [-0.4, -0.2) is 26.6 Å². The number of hydrogen-bond acceptors (Lipinski definition) is 4. The monoisotopic (exact) mass is 459 g/mol. The van der Waals surface area contributed by atoms with Crippen molar-refractivity contribution in [3.8, 4) is 11.1 Å². The van der Waals surface area contributed by atoms with E-state index in [-0.39, 0.29) is 21.8 Å². The van der Waals surface area contributed by atoms with Crippen molar-refractivity contribution in [2.45, 2.75) is 0 Å². The molecule has 1 aromatic carbocycles. The van der Waals surface area contributed by atoms with Crippen LogP contribution in [0.3, 0.4) is 0 Å². The molecule has 0 aliphatic rings. The molecule has 2 N–H and O–H groups in total. The van der Waals surface area contributed by atoms with E-state index in [9.17, 15) is 19.1 Å². The fourth-order valence-electron chi connectivity index (χ4n) is 2.76. The molecule has 0 radical (unpaired) electrons. The number of carboxylic acids is 1. The summed E-state index contributed by atoms with van der Waals surface area (Å²) >= 11 is 4.45. The van der Waals surface area contributed by atoms with Gasteiger partial charge < -0.3 is 10.4 Å². The van der Waals surface area contributed by atoms with Gasteiger partial charge in [0.15, 0.2) is 5.69 Å². The van der Waals surface area contributed by atoms with E-state index in [4.69, 9.17) is 0 Å². The van der Waals surface area contributed by atoms with Crippen LogP contribution in [0.2, 0.25) is 0 Å². The van der Waals surface area contributed by atoms with Gasteiger partial charge in [-0.15, -0.1) is 11.3 Å². The second kappa shape index (κ2) is 7.17. The van der Waals surface area contributed by atoms with Gasteiger partial charge in [0, 0.05) is 21.6 Å². The first-order valence-corrected chi connectivity index (χ1v) is 9.67. The number of carbonyl (C=O) groups excluding carboxylic acids is 1. The number of nitrogens with zero attached hydrogens (tertiary/aromatic N) is 2. The van der Waals surface area contributed by atoms with E-state index in [1.165, 1.54) is 28.9 Å². The topological polar surface area (TPSA) is 83.7 Å². The van der Waals surface area contributed by atoms with Crippen LogP contribution in [0.1, 0.15) is 20.8 Å². The van der Waals surface area contributed by atoms with Crippen molar-refractivity contribution in [3.05, 3.63) is 75.6 Å². The maximum absolute atomic E-state index is 13.8. The fraction of sp³-hybridized carbons (Fsp3) is 0. The van der Waals surface area contributed by atoms with E-state index in [0.717, 1.165) is 15.8 Å². The second-order valence-electron chi connectivity index (χ2n) is 5.84. The summed E-state index contributed by atoms with van der Waals surface area (Å²) in [5, 5.41) is 18.1. The lowest BCUT2D eigenvalue weighted by molar-refractivity contribution is 0.0699. The number of fused-ring (bicyclic) bond motifs is 1. The third-order valence-electron chi connectivity index (χ3n) is 4.07. The minimum Gasteiger partial charge on any atom is -0.478 e. The van der Waals surface area contributed by atoms with Gasteiger partial charge >= 0.3 is 5.97 Å². The second-order valence-corrected chi connectivity index (χ2v) is 7.63. The number of aromatic nitrogens is 2. The van der Waals surface area contributed by atoms with Crippen molar-refractivity contribution in [3.63, 3.8) is 0 Å². The van der Waals surface area contributed by atoms with E-state index in [1.54, 1.807) is 17.5 Å². The van der Waals surface area contributed by atoms with E-state index in [0.29, 0.717) is 11.1 Å². The number of thiophene rings is 1. The maximum atomic E-state index is 13.8. The molecule has 4 aromatic rings. The average Bonchev–Trinajstić information content (AvgIpc) is 3.27. The minimum atomic E-state index is -1.16. The number of hydrogen-bond donors (Lipinski definition) is 2. The van der Waals surface area contributed by atoms with Gasteiger partial charge in [-0.3, -0.25) is 4.79 Å². The molecule has 0 saturated heterocycles. The zero-order valence-corrected chi connectivity index (χ0v) is 16.4. The largest absolute Gasteiger partial charge is 0.478 e. The van der Waals surface area contributed by atoms with Crippen molar-refractivity contribution in [1.29, 1.82) is 0 Å². The molecule has 140 valence electrons. The van der Waals surface area contributed by atoms with Crippen LogP contribution in [0.25, 0.3) is 16.6 Å². The Hall–Kier alpha value is -3.04. The van der Waals surface area contributed by atoms with Crippen LogP contribution in [0.5, 0.6) is 0 Å². The zero-order chi connectivity index (χ0) is 19.8. The number of aromatic carboxylic acids is 1. The molecule has 6 nitrogen and oxygen atoms in total. The summed E-state index contributed by atoms with van der Waals surface area (Å²) in [7, 11) is 0. The molecular formula is C19H11BrFN3O3S. The average molecular weight is 460 g/mol. The standard InChI is InChI=1S/C19H11BrFN3O3S/c20-11-5-3-10(4-6-11)12-9-28-18(16(12)19(26)27)22-17(25)14-8-15-13(21)2-1-7-24(15)23-14/h1-9H,(H,22,25)(H,26,27). The minimum absolute atomic E-state index is 0.00406. The molecule has 0 atom stereocenters. The van der Waals surface area contributed by atoms with Crippen LogP contribution in [0, 0.1) is 5.82 Å². The zero-order valence-electron chi connectivity index (χ0n) is 14.0. The number of benzene rings is 1. The summed E-state index contributed by atoms with van der Waals surface area (Å²) in [6.07, 6.45) is 1.52. The molecular weight excluding hydrogens is 449 g/mol. The van der Waals surface area contributed by atoms with E-state index in [1.807, 2.05) is 12.1 Å². The predicted molar refractivity (Wildman–Crippen MR) is 108 cm³/mol. The maximum Gasteiger partial charge on any atom is 0.339 e. The van der Waals surface area contributed by atoms with Gasteiger partial charge in [-0.1, -0.05) is 28.1 Å². The van der Waals surface area contributed by atoms with E-state index >= 15 is 0 Å². The summed E-state index contributed by atoms with van der Waals surface area (Å²) in [6.45, 7) is 0. The number of nitrogens with one attached hydrogen (secondary N) is 1. The van der Waals surface area contributed by atoms with Crippen molar-refractivity contribution in [2.24, 2.45) is 0 Å². The van der Waals surface area contributed by atoms with Gasteiger partial charge in [-0.2, -0.15) is 5.10 Å². The Morgan fingerprint density at radius 2 is 1.96 bits per heavy atom. The summed E-state index contributed by atoms with van der Waals surface area (Å²) in [5.74, 6) is -2.28. The van der Waals surface area contributed by atoms with Crippen LogP contribution >= 0.6 is 27.3 Å². The predicted octanol–water partition coefficient (Wildman–Crippen LogP) is 4.91. The summed E-state index contributed by atoms with van der Waals surface area (Å²) in [4.78, 5) is 24.4. The molecule has 28 heavy (non-hydrogen) atoms. The lowest BCUT2D eigenvalue weighted by atomic mass is 10.0. The van der Waals surface area contributed by atoms with Gasteiger partial charge in [-0.05, 0) is 35.9 Å². The third kappa shape index (κ3) is 3.30. The molecule has 0 saturated carbocycles. The van der Waals surface area contributed by atoms with E-state index in [2.05, 4.69) is 26.3 Å². The number of carbonyl (C=O) groups is 2. The normalized spacial score (nSPS) is 10.9. The van der Waals surface area contributed by atoms with Gasteiger partial charge in [0.1, 0.15) is 21.9 Å². The Bertz CT molecular complexity index is 1220. The summed E-state index contributed by atoms with van der Waals surface area (Å²) in [6, 6.07) is 11.2. The van der Waals surface area contributed by atoms with Crippen LogP contribution in [0.4, 0.5) is 9.39 Å². The molecule has 0 aliphatic carbocycles. The molecule has 9 heteroatoms.